The lowest BCUT2D eigenvalue weighted by molar-refractivity contribution is 0.251. The first-order valence-corrected chi connectivity index (χ1v) is 6.71. The van der Waals surface area contributed by atoms with Crippen LogP contribution in [-0.4, -0.2) is 12.1 Å². The Morgan fingerprint density at radius 1 is 1.05 bits per heavy atom. The number of carbonyl (C=O) groups excluding carboxylic acids is 1. The highest BCUT2D eigenvalue weighted by molar-refractivity contribution is 5.89. The van der Waals surface area contributed by atoms with Crippen molar-refractivity contribution in [3.63, 3.8) is 0 Å². The first-order valence-electron chi connectivity index (χ1n) is 6.71. The van der Waals surface area contributed by atoms with Gasteiger partial charge in [-0.15, -0.1) is 0 Å². The van der Waals surface area contributed by atoms with Crippen LogP contribution in [0, 0.1) is 11.6 Å². The fraction of sp³-hybridized carbons (Fsp3) is 0.188. The Morgan fingerprint density at radius 2 is 1.81 bits per heavy atom. The van der Waals surface area contributed by atoms with Gasteiger partial charge >= 0.3 is 6.03 Å². The molecule has 1 saturated carbocycles. The van der Waals surface area contributed by atoms with Gasteiger partial charge in [0, 0.05) is 23.7 Å². The average molecular weight is 288 g/mol. The Labute approximate surface area is 121 Å². The highest BCUT2D eigenvalue weighted by Crippen LogP contribution is 2.40. The van der Waals surface area contributed by atoms with E-state index in [0.717, 1.165) is 18.6 Å². The van der Waals surface area contributed by atoms with E-state index in [0.29, 0.717) is 5.92 Å². The van der Waals surface area contributed by atoms with Crippen LogP contribution < -0.4 is 10.6 Å². The normalized spacial score (nSPS) is 19.9. The van der Waals surface area contributed by atoms with Gasteiger partial charge in [-0.3, -0.25) is 0 Å². The van der Waals surface area contributed by atoms with Crippen molar-refractivity contribution in [3.05, 3.63) is 65.7 Å². The summed E-state index contributed by atoms with van der Waals surface area (Å²) >= 11 is 0. The molecule has 2 atom stereocenters. The molecule has 5 heteroatoms. The molecule has 108 valence electrons. The van der Waals surface area contributed by atoms with Crippen LogP contribution in [0.25, 0.3) is 0 Å². The molecule has 1 aliphatic carbocycles. The van der Waals surface area contributed by atoms with Gasteiger partial charge in [0.15, 0.2) is 11.6 Å². The Bertz CT molecular complexity index is 661. The van der Waals surface area contributed by atoms with Gasteiger partial charge in [-0.2, -0.15) is 0 Å². The van der Waals surface area contributed by atoms with Crippen molar-refractivity contribution < 1.29 is 13.6 Å². The van der Waals surface area contributed by atoms with Gasteiger partial charge in [0.05, 0.1) is 0 Å². The molecule has 0 heterocycles. The monoisotopic (exact) mass is 288 g/mol. The van der Waals surface area contributed by atoms with Crippen molar-refractivity contribution in [1.29, 1.82) is 0 Å². The van der Waals surface area contributed by atoms with Gasteiger partial charge in [0.1, 0.15) is 0 Å². The molecule has 2 N–H and O–H groups in total. The predicted molar refractivity (Wildman–Crippen MR) is 76.1 cm³/mol. The smallest absolute Gasteiger partial charge is 0.319 e. The molecule has 0 aliphatic heterocycles. The zero-order valence-corrected chi connectivity index (χ0v) is 11.1. The van der Waals surface area contributed by atoms with E-state index >= 15 is 0 Å². The lowest BCUT2D eigenvalue weighted by atomic mass is 10.1. The fourth-order valence-electron chi connectivity index (χ4n) is 2.33. The zero-order chi connectivity index (χ0) is 14.8. The van der Waals surface area contributed by atoms with E-state index in [1.165, 1.54) is 11.6 Å². The molecular weight excluding hydrogens is 274 g/mol. The summed E-state index contributed by atoms with van der Waals surface area (Å²) in [7, 11) is 0. The fourth-order valence-corrected chi connectivity index (χ4v) is 2.33. The maximum absolute atomic E-state index is 13.0. The largest absolute Gasteiger partial charge is 0.334 e. The third kappa shape index (κ3) is 3.18. The SMILES string of the molecule is O=C(Nc1ccc(F)c(F)c1)NC1CC1c1ccccc1. The van der Waals surface area contributed by atoms with Crippen LogP contribution >= 0.6 is 0 Å². The summed E-state index contributed by atoms with van der Waals surface area (Å²) in [6.45, 7) is 0. The van der Waals surface area contributed by atoms with Crippen LogP contribution in [0.15, 0.2) is 48.5 Å². The molecule has 21 heavy (non-hydrogen) atoms. The lowest BCUT2D eigenvalue weighted by Crippen LogP contribution is -2.31. The minimum Gasteiger partial charge on any atom is -0.334 e. The second kappa shape index (κ2) is 5.52. The van der Waals surface area contributed by atoms with Crippen LogP contribution in [0.1, 0.15) is 17.9 Å². The Balaban J connectivity index is 1.55. The van der Waals surface area contributed by atoms with E-state index in [1.54, 1.807) is 0 Å². The van der Waals surface area contributed by atoms with Gasteiger partial charge in [-0.05, 0) is 24.1 Å². The minimum absolute atomic E-state index is 0.0812. The van der Waals surface area contributed by atoms with Gasteiger partial charge in [0.2, 0.25) is 0 Å². The molecule has 3 nitrogen and oxygen atoms in total. The molecule has 1 fully saturated rings. The number of rotatable bonds is 3. The van der Waals surface area contributed by atoms with Crippen molar-refractivity contribution in [2.24, 2.45) is 0 Å². The van der Waals surface area contributed by atoms with Crippen LogP contribution in [0.3, 0.4) is 0 Å². The van der Waals surface area contributed by atoms with E-state index < -0.39 is 17.7 Å². The Morgan fingerprint density at radius 3 is 2.52 bits per heavy atom. The number of halogens is 2. The van der Waals surface area contributed by atoms with Crippen molar-refractivity contribution >= 4 is 11.7 Å². The Kier molecular flexibility index (Phi) is 3.56. The molecule has 0 saturated heterocycles. The van der Waals surface area contributed by atoms with Gasteiger partial charge < -0.3 is 10.6 Å². The summed E-state index contributed by atoms with van der Waals surface area (Å²) in [5, 5.41) is 5.32. The Hall–Kier alpha value is -2.43. The summed E-state index contributed by atoms with van der Waals surface area (Å²) in [6, 6.07) is 12.9. The summed E-state index contributed by atoms with van der Waals surface area (Å²) in [5.74, 6) is -1.60. The third-order valence-electron chi connectivity index (χ3n) is 3.51. The van der Waals surface area contributed by atoms with E-state index in [1.807, 2.05) is 30.3 Å². The van der Waals surface area contributed by atoms with Crippen LogP contribution in [-0.2, 0) is 0 Å². The summed E-state index contributed by atoms with van der Waals surface area (Å²) in [5.41, 5.74) is 1.42. The summed E-state index contributed by atoms with van der Waals surface area (Å²) in [6.07, 6.45) is 0.884. The number of hydrogen-bond donors (Lipinski definition) is 2. The van der Waals surface area contributed by atoms with Crippen LogP contribution in [0.5, 0.6) is 0 Å². The molecular formula is C16H14F2N2O. The van der Waals surface area contributed by atoms with Crippen molar-refractivity contribution in [3.8, 4) is 0 Å². The molecule has 0 aromatic heterocycles. The van der Waals surface area contributed by atoms with Gasteiger partial charge in [0.25, 0.3) is 0 Å². The highest BCUT2D eigenvalue weighted by Gasteiger charge is 2.39. The number of amides is 2. The topological polar surface area (TPSA) is 41.1 Å². The van der Waals surface area contributed by atoms with Crippen LogP contribution in [0.4, 0.5) is 19.3 Å². The van der Waals surface area contributed by atoms with E-state index in [4.69, 9.17) is 0 Å². The molecule has 2 unspecified atom stereocenters. The van der Waals surface area contributed by atoms with Crippen LogP contribution in [0.2, 0.25) is 0 Å². The standard InChI is InChI=1S/C16H14F2N2O/c17-13-7-6-11(8-14(13)18)19-16(21)20-15-9-12(15)10-4-2-1-3-5-10/h1-8,12,15H,9H2,(H2,19,20,21). The molecule has 2 amide bonds. The molecule has 3 rings (SSSR count). The molecule has 0 spiro atoms. The first-order chi connectivity index (χ1) is 10.1. The van der Waals surface area contributed by atoms with Gasteiger partial charge in [-0.1, -0.05) is 30.3 Å². The average Bonchev–Trinajstić information content (AvgIpc) is 3.23. The van der Waals surface area contributed by atoms with E-state index in [-0.39, 0.29) is 11.7 Å². The zero-order valence-electron chi connectivity index (χ0n) is 11.1. The summed E-state index contributed by atoms with van der Waals surface area (Å²) in [4.78, 5) is 11.8. The highest BCUT2D eigenvalue weighted by atomic mass is 19.2. The molecule has 0 radical (unpaired) electrons. The van der Waals surface area contributed by atoms with E-state index in [2.05, 4.69) is 10.6 Å². The van der Waals surface area contributed by atoms with Crippen molar-refractivity contribution in [2.45, 2.75) is 18.4 Å². The molecule has 2 aromatic carbocycles. The number of anilines is 1. The number of urea groups is 1. The van der Waals surface area contributed by atoms with Crippen molar-refractivity contribution in [1.82, 2.24) is 5.32 Å². The maximum Gasteiger partial charge on any atom is 0.319 e. The number of nitrogens with one attached hydrogen (secondary N) is 2. The third-order valence-corrected chi connectivity index (χ3v) is 3.51. The molecule has 1 aliphatic rings. The minimum atomic E-state index is -0.985. The quantitative estimate of drug-likeness (QED) is 0.889. The number of benzene rings is 2. The molecule has 0 bridgehead atoms. The van der Waals surface area contributed by atoms with Gasteiger partial charge in [-0.25, -0.2) is 13.6 Å². The first kappa shape index (κ1) is 13.5. The number of hydrogen-bond acceptors (Lipinski definition) is 1. The van der Waals surface area contributed by atoms with E-state index in [9.17, 15) is 13.6 Å². The summed E-state index contributed by atoms with van der Waals surface area (Å²) < 4.78 is 25.8. The second-order valence-corrected chi connectivity index (χ2v) is 5.09. The lowest BCUT2D eigenvalue weighted by Gasteiger charge is -2.08. The second-order valence-electron chi connectivity index (χ2n) is 5.09. The van der Waals surface area contributed by atoms with Crippen molar-refractivity contribution in [2.75, 3.05) is 5.32 Å². The number of carbonyl (C=O) groups is 1. The maximum atomic E-state index is 13.0. The molecule has 2 aromatic rings. The predicted octanol–water partition coefficient (Wildman–Crippen LogP) is 3.64.